The molecule has 0 atom stereocenters. The predicted octanol–water partition coefficient (Wildman–Crippen LogP) is 4.49. The van der Waals surface area contributed by atoms with Crippen LogP contribution in [0.5, 0.6) is 5.75 Å². The van der Waals surface area contributed by atoms with Crippen LogP contribution in [0, 0.1) is 5.82 Å². The van der Waals surface area contributed by atoms with E-state index in [1.54, 1.807) is 0 Å². The Morgan fingerprint density at radius 1 is 1.05 bits per heavy atom. The molecule has 0 N–H and O–H groups in total. The molecule has 0 aromatic heterocycles. The van der Waals surface area contributed by atoms with E-state index in [9.17, 15) is 4.39 Å². The third kappa shape index (κ3) is 2.87. The zero-order valence-corrected chi connectivity index (χ0v) is 12.3. The molecule has 2 nitrogen and oxygen atoms in total. The number of rotatable bonds is 4. The van der Waals surface area contributed by atoms with Crippen LogP contribution >= 0.6 is 0 Å². The minimum atomic E-state index is -0.213. The van der Waals surface area contributed by atoms with E-state index in [1.165, 1.54) is 30.7 Å². The standard InChI is InChI=1S/C18H20FNO/c1-2-21-17-7-5-6-16(20-12-3-4-13-20)18(17)14-8-10-15(19)11-9-14/h5-11H,2-4,12-13H2,1H3. The maximum absolute atomic E-state index is 13.2. The van der Waals surface area contributed by atoms with Gasteiger partial charge in [0, 0.05) is 24.3 Å². The predicted molar refractivity (Wildman–Crippen MR) is 84.5 cm³/mol. The Balaban J connectivity index is 2.11. The number of anilines is 1. The van der Waals surface area contributed by atoms with E-state index < -0.39 is 0 Å². The summed E-state index contributed by atoms with van der Waals surface area (Å²) in [7, 11) is 0. The summed E-state index contributed by atoms with van der Waals surface area (Å²) in [5, 5.41) is 0. The van der Waals surface area contributed by atoms with Gasteiger partial charge in [-0.25, -0.2) is 4.39 Å². The Kier molecular flexibility index (Phi) is 4.09. The highest BCUT2D eigenvalue weighted by Gasteiger charge is 2.19. The molecule has 0 bridgehead atoms. The molecule has 1 aliphatic rings. The molecule has 1 heterocycles. The number of halogens is 1. The molecule has 0 aliphatic carbocycles. The third-order valence-electron chi connectivity index (χ3n) is 3.88. The fraction of sp³-hybridized carbons (Fsp3) is 0.333. The van der Waals surface area contributed by atoms with Crippen LogP contribution in [0.3, 0.4) is 0 Å². The Hall–Kier alpha value is -2.03. The molecule has 3 rings (SSSR count). The number of ether oxygens (including phenoxy) is 1. The van der Waals surface area contributed by atoms with Gasteiger partial charge < -0.3 is 9.64 Å². The van der Waals surface area contributed by atoms with Crippen LogP contribution in [-0.2, 0) is 0 Å². The van der Waals surface area contributed by atoms with Crippen LogP contribution in [0.2, 0.25) is 0 Å². The van der Waals surface area contributed by atoms with E-state index in [0.29, 0.717) is 6.61 Å². The summed E-state index contributed by atoms with van der Waals surface area (Å²) >= 11 is 0. The molecule has 3 heteroatoms. The van der Waals surface area contributed by atoms with Gasteiger partial charge in [-0.2, -0.15) is 0 Å². The average molecular weight is 285 g/mol. The first-order valence-electron chi connectivity index (χ1n) is 7.56. The minimum absolute atomic E-state index is 0.213. The van der Waals surface area contributed by atoms with Crippen molar-refractivity contribution in [1.82, 2.24) is 0 Å². The second kappa shape index (κ2) is 6.17. The highest BCUT2D eigenvalue weighted by molar-refractivity contribution is 5.84. The Morgan fingerprint density at radius 2 is 1.76 bits per heavy atom. The second-order valence-electron chi connectivity index (χ2n) is 5.28. The molecule has 21 heavy (non-hydrogen) atoms. The van der Waals surface area contributed by atoms with Gasteiger partial charge >= 0.3 is 0 Å². The molecule has 2 aromatic carbocycles. The fourth-order valence-electron chi connectivity index (χ4n) is 2.92. The van der Waals surface area contributed by atoms with Crippen molar-refractivity contribution in [3.63, 3.8) is 0 Å². The first kappa shape index (κ1) is 13.9. The van der Waals surface area contributed by atoms with Crippen molar-refractivity contribution in [2.24, 2.45) is 0 Å². The van der Waals surface area contributed by atoms with E-state index in [1.807, 2.05) is 31.2 Å². The minimum Gasteiger partial charge on any atom is -0.493 e. The summed E-state index contributed by atoms with van der Waals surface area (Å²) < 4.78 is 19.0. The van der Waals surface area contributed by atoms with Crippen LogP contribution in [0.15, 0.2) is 42.5 Å². The second-order valence-corrected chi connectivity index (χ2v) is 5.28. The van der Waals surface area contributed by atoms with Crippen molar-refractivity contribution in [2.75, 3.05) is 24.6 Å². The van der Waals surface area contributed by atoms with Crippen molar-refractivity contribution in [3.05, 3.63) is 48.3 Å². The van der Waals surface area contributed by atoms with Gasteiger partial charge in [-0.3, -0.25) is 0 Å². The Morgan fingerprint density at radius 3 is 2.43 bits per heavy atom. The summed E-state index contributed by atoms with van der Waals surface area (Å²) in [6.07, 6.45) is 2.45. The van der Waals surface area contributed by atoms with E-state index in [2.05, 4.69) is 11.0 Å². The van der Waals surface area contributed by atoms with Crippen molar-refractivity contribution >= 4 is 5.69 Å². The smallest absolute Gasteiger partial charge is 0.129 e. The van der Waals surface area contributed by atoms with Gasteiger partial charge in [-0.15, -0.1) is 0 Å². The first-order valence-corrected chi connectivity index (χ1v) is 7.56. The molecule has 1 aliphatic heterocycles. The van der Waals surface area contributed by atoms with E-state index >= 15 is 0 Å². The van der Waals surface area contributed by atoms with Gasteiger partial charge in [0.15, 0.2) is 0 Å². The summed E-state index contributed by atoms with van der Waals surface area (Å²) in [5.41, 5.74) is 3.26. The summed E-state index contributed by atoms with van der Waals surface area (Å²) in [6, 6.07) is 12.8. The highest BCUT2D eigenvalue weighted by Crippen LogP contribution is 2.40. The van der Waals surface area contributed by atoms with Crippen molar-refractivity contribution in [1.29, 1.82) is 0 Å². The lowest BCUT2D eigenvalue weighted by Gasteiger charge is -2.23. The molecule has 110 valence electrons. The lowest BCUT2D eigenvalue weighted by Crippen LogP contribution is -2.18. The average Bonchev–Trinajstić information content (AvgIpc) is 3.03. The summed E-state index contributed by atoms with van der Waals surface area (Å²) in [4.78, 5) is 2.39. The van der Waals surface area contributed by atoms with Crippen LogP contribution in [-0.4, -0.2) is 19.7 Å². The largest absolute Gasteiger partial charge is 0.493 e. The topological polar surface area (TPSA) is 12.5 Å². The normalized spacial score (nSPS) is 14.5. The van der Waals surface area contributed by atoms with E-state index in [4.69, 9.17) is 4.74 Å². The third-order valence-corrected chi connectivity index (χ3v) is 3.88. The van der Waals surface area contributed by atoms with E-state index in [0.717, 1.165) is 30.0 Å². The van der Waals surface area contributed by atoms with Crippen LogP contribution in [0.25, 0.3) is 11.1 Å². The molecule has 0 spiro atoms. The molecule has 0 unspecified atom stereocenters. The Labute approximate surface area is 125 Å². The van der Waals surface area contributed by atoms with Gasteiger partial charge in [0.25, 0.3) is 0 Å². The van der Waals surface area contributed by atoms with E-state index in [-0.39, 0.29) is 5.82 Å². The van der Waals surface area contributed by atoms with Crippen molar-refractivity contribution in [3.8, 4) is 16.9 Å². The first-order chi connectivity index (χ1) is 10.3. The van der Waals surface area contributed by atoms with Gasteiger partial charge in [-0.05, 0) is 49.6 Å². The molecular weight excluding hydrogens is 265 g/mol. The van der Waals surface area contributed by atoms with Gasteiger partial charge in [0.2, 0.25) is 0 Å². The number of benzene rings is 2. The zero-order chi connectivity index (χ0) is 14.7. The maximum Gasteiger partial charge on any atom is 0.129 e. The number of nitrogens with zero attached hydrogens (tertiary/aromatic N) is 1. The van der Waals surface area contributed by atoms with Gasteiger partial charge in [0.1, 0.15) is 11.6 Å². The fourth-order valence-corrected chi connectivity index (χ4v) is 2.92. The SMILES string of the molecule is CCOc1cccc(N2CCCC2)c1-c1ccc(F)cc1. The van der Waals surface area contributed by atoms with Crippen LogP contribution in [0.4, 0.5) is 10.1 Å². The van der Waals surface area contributed by atoms with Crippen molar-refractivity contribution in [2.45, 2.75) is 19.8 Å². The zero-order valence-electron chi connectivity index (χ0n) is 12.3. The molecule has 1 fully saturated rings. The van der Waals surface area contributed by atoms with Crippen LogP contribution in [0.1, 0.15) is 19.8 Å². The molecular formula is C18H20FNO. The summed E-state index contributed by atoms with van der Waals surface area (Å²) in [6.45, 7) is 4.75. The maximum atomic E-state index is 13.2. The molecule has 2 aromatic rings. The molecule has 0 amide bonds. The van der Waals surface area contributed by atoms with Crippen molar-refractivity contribution < 1.29 is 9.13 Å². The highest BCUT2D eigenvalue weighted by atomic mass is 19.1. The van der Waals surface area contributed by atoms with Crippen LogP contribution < -0.4 is 9.64 Å². The van der Waals surface area contributed by atoms with Gasteiger partial charge in [-0.1, -0.05) is 18.2 Å². The number of hydrogen-bond acceptors (Lipinski definition) is 2. The lowest BCUT2D eigenvalue weighted by molar-refractivity contribution is 0.341. The Bertz CT molecular complexity index is 603. The van der Waals surface area contributed by atoms with Gasteiger partial charge in [0.05, 0.1) is 6.61 Å². The molecule has 0 radical (unpaired) electrons. The monoisotopic (exact) mass is 285 g/mol. The molecule has 0 saturated carbocycles. The number of hydrogen-bond donors (Lipinski definition) is 0. The molecule has 1 saturated heterocycles. The lowest BCUT2D eigenvalue weighted by atomic mass is 10.0. The summed E-state index contributed by atoms with van der Waals surface area (Å²) in [5.74, 6) is 0.656. The quantitative estimate of drug-likeness (QED) is 0.820.